The minimum absolute atomic E-state index is 0.146. The van der Waals surface area contributed by atoms with Crippen molar-refractivity contribution in [1.82, 2.24) is 4.90 Å². The maximum absolute atomic E-state index is 6.14. The second-order valence-corrected chi connectivity index (χ2v) is 8.88. The van der Waals surface area contributed by atoms with E-state index >= 15 is 0 Å². The first-order valence-electron chi connectivity index (χ1n) is 9.86. The average molecular weight is 359 g/mol. The van der Waals surface area contributed by atoms with Gasteiger partial charge in [0.1, 0.15) is 0 Å². The molecule has 25 heavy (non-hydrogen) atoms. The fourth-order valence-corrected chi connectivity index (χ4v) is 6.26. The largest absolute Gasteiger partial charge is 0.375 e. The quantitative estimate of drug-likeness (QED) is 0.738. The normalized spacial score (nSPS) is 40.1. The van der Waals surface area contributed by atoms with E-state index in [0.29, 0.717) is 12.0 Å². The Labute approximate surface area is 155 Å². The number of rotatable bonds is 1. The molecule has 5 unspecified atom stereocenters. The maximum Gasteiger partial charge on any atom is 0.0998 e. The van der Waals surface area contributed by atoms with Crippen LogP contribution in [0.1, 0.15) is 50.5 Å². The second-order valence-electron chi connectivity index (χ2n) is 8.45. The number of ether oxygens (including phenoxy) is 1. The van der Waals surface area contributed by atoms with Crippen LogP contribution in [0.5, 0.6) is 0 Å². The van der Waals surface area contributed by atoms with E-state index in [9.17, 15) is 0 Å². The number of aliphatic imine (C=N–C) groups is 1. The number of halogens is 1. The van der Waals surface area contributed by atoms with E-state index < -0.39 is 0 Å². The molecule has 2 saturated carbocycles. The third-order valence-corrected chi connectivity index (χ3v) is 7.36. The molecule has 3 nitrogen and oxygen atoms in total. The molecular formula is C21H27ClN2O. The van der Waals surface area contributed by atoms with E-state index in [1.165, 1.54) is 37.1 Å². The molecule has 0 N–H and O–H groups in total. The summed E-state index contributed by atoms with van der Waals surface area (Å²) in [5.74, 6) is 3.51. The lowest BCUT2D eigenvalue weighted by Gasteiger charge is -2.39. The van der Waals surface area contributed by atoms with Gasteiger partial charge in [0.25, 0.3) is 0 Å². The van der Waals surface area contributed by atoms with Crippen LogP contribution < -0.4 is 0 Å². The SMILES string of the molecule is CC1CN(C2=NC3(CC2)C2CCC(C2)C3c2ccc(Cl)cc2)CCO1. The number of amidine groups is 1. The van der Waals surface area contributed by atoms with Crippen LogP contribution in [0.3, 0.4) is 0 Å². The summed E-state index contributed by atoms with van der Waals surface area (Å²) in [6, 6.07) is 8.61. The van der Waals surface area contributed by atoms with Gasteiger partial charge in [0.2, 0.25) is 0 Å². The third kappa shape index (κ3) is 2.54. The summed E-state index contributed by atoms with van der Waals surface area (Å²) in [6.07, 6.45) is 6.79. The van der Waals surface area contributed by atoms with Crippen molar-refractivity contribution < 1.29 is 4.74 Å². The summed E-state index contributed by atoms with van der Waals surface area (Å²) in [5.41, 5.74) is 1.60. The summed E-state index contributed by atoms with van der Waals surface area (Å²) < 4.78 is 5.73. The number of nitrogens with zero attached hydrogens (tertiary/aromatic N) is 2. The van der Waals surface area contributed by atoms with Crippen LogP contribution in [0.4, 0.5) is 0 Å². The van der Waals surface area contributed by atoms with Crippen molar-refractivity contribution in [3.63, 3.8) is 0 Å². The van der Waals surface area contributed by atoms with Crippen molar-refractivity contribution in [3.8, 4) is 0 Å². The van der Waals surface area contributed by atoms with Crippen molar-refractivity contribution >= 4 is 17.4 Å². The number of fused-ring (bicyclic) bond motifs is 3. The zero-order valence-corrected chi connectivity index (χ0v) is 15.7. The smallest absolute Gasteiger partial charge is 0.0998 e. The zero-order chi connectivity index (χ0) is 17.0. The summed E-state index contributed by atoms with van der Waals surface area (Å²) in [4.78, 5) is 7.99. The minimum Gasteiger partial charge on any atom is -0.375 e. The lowest BCUT2D eigenvalue weighted by Crippen LogP contribution is -2.44. The molecule has 1 spiro atoms. The van der Waals surface area contributed by atoms with E-state index in [4.69, 9.17) is 21.3 Å². The first-order chi connectivity index (χ1) is 12.2. The third-order valence-electron chi connectivity index (χ3n) is 7.11. The summed E-state index contributed by atoms with van der Waals surface area (Å²) in [7, 11) is 0. The van der Waals surface area contributed by atoms with Crippen molar-refractivity contribution in [3.05, 3.63) is 34.9 Å². The van der Waals surface area contributed by atoms with Crippen LogP contribution in [0.15, 0.2) is 29.3 Å². The average Bonchev–Trinajstić information content (AvgIpc) is 3.32. The van der Waals surface area contributed by atoms with Gasteiger partial charge in [-0.2, -0.15) is 0 Å². The van der Waals surface area contributed by atoms with Crippen molar-refractivity contribution in [2.24, 2.45) is 16.8 Å². The van der Waals surface area contributed by atoms with Gasteiger partial charge in [0, 0.05) is 30.5 Å². The monoisotopic (exact) mass is 358 g/mol. The van der Waals surface area contributed by atoms with E-state index in [2.05, 4.69) is 36.1 Å². The Morgan fingerprint density at radius 1 is 1.24 bits per heavy atom. The standard InChI is InChI=1S/C21H27ClN2O/c1-14-13-24(10-11-25-14)19-8-9-21(23-19)17-5-2-16(12-17)20(21)15-3-6-18(22)7-4-15/h3-4,6-7,14,16-17,20H,2,5,8-13H2,1H3. The van der Waals surface area contributed by atoms with Gasteiger partial charge in [-0.25, -0.2) is 0 Å². The molecule has 134 valence electrons. The summed E-state index contributed by atoms with van der Waals surface area (Å²) in [6.45, 7) is 5.00. The van der Waals surface area contributed by atoms with Crippen molar-refractivity contribution in [1.29, 1.82) is 0 Å². The predicted molar refractivity (Wildman–Crippen MR) is 101 cm³/mol. The van der Waals surface area contributed by atoms with Crippen LogP contribution in [0.25, 0.3) is 0 Å². The highest BCUT2D eigenvalue weighted by molar-refractivity contribution is 6.30. The zero-order valence-electron chi connectivity index (χ0n) is 15.0. The highest BCUT2D eigenvalue weighted by atomic mass is 35.5. The highest BCUT2D eigenvalue weighted by Gasteiger charge is 2.60. The molecule has 1 saturated heterocycles. The minimum atomic E-state index is 0.146. The first-order valence-corrected chi connectivity index (χ1v) is 10.2. The Balaban J connectivity index is 1.49. The topological polar surface area (TPSA) is 24.8 Å². The number of morpholine rings is 1. The molecule has 1 aromatic rings. The molecule has 0 radical (unpaired) electrons. The van der Waals surface area contributed by atoms with Gasteiger partial charge in [-0.05, 0) is 62.1 Å². The van der Waals surface area contributed by atoms with Gasteiger partial charge in [0.05, 0.1) is 24.1 Å². The Morgan fingerprint density at radius 2 is 2.08 bits per heavy atom. The van der Waals surface area contributed by atoms with Crippen LogP contribution in [-0.2, 0) is 4.74 Å². The molecular weight excluding hydrogens is 332 g/mol. The summed E-state index contributed by atoms with van der Waals surface area (Å²) in [5, 5.41) is 0.832. The lowest BCUT2D eigenvalue weighted by atomic mass is 9.69. The van der Waals surface area contributed by atoms with Crippen LogP contribution in [0.2, 0.25) is 5.02 Å². The molecule has 4 heteroatoms. The molecule has 2 heterocycles. The van der Waals surface area contributed by atoms with Gasteiger partial charge in [0.15, 0.2) is 0 Å². The molecule has 0 amide bonds. The van der Waals surface area contributed by atoms with Gasteiger partial charge >= 0.3 is 0 Å². The fourth-order valence-electron chi connectivity index (χ4n) is 6.13. The fraction of sp³-hybridized carbons (Fsp3) is 0.667. The molecule has 4 aliphatic rings. The Kier molecular flexibility index (Phi) is 3.87. The molecule has 5 atom stereocenters. The molecule has 1 aromatic carbocycles. The Hall–Kier alpha value is -1.06. The predicted octanol–water partition coefficient (Wildman–Crippen LogP) is 4.51. The van der Waals surface area contributed by atoms with E-state index in [0.717, 1.165) is 43.0 Å². The molecule has 2 aliphatic heterocycles. The van der Waals surface area contributed by atoms with E-state index in [1.807, 2.05) is 0 Å². The van der Waals surface area contributed by atoms with Crippen LogP contribution in [0, 0.1) is 11.8 Å². The van der Waals surface area contributed by atoms with Gasteiger partial charge in [-0.1, -0.05) is 23.7 Å². The molecule has 3 fully saturated rings. The first kappa shape index (κ1) is 16.1. The Bertz CT molecular complexity index is 688. The highest BCUT2D eigenvalue weighted by Crippen LogP contribution is 2.63. The van der Waals surface area contributed by atoms with Gasteiger partial charge < -0.3 is 9.64 Å². The molecule has 2 aliphatic carbocycles. The number of hydrogen-bond donors (Lipinski definition) is 0. The summed E-state index contributed by atoms with van der Waals surface area (Å²) >= 11 is 6.14. The molecule has 5 rings (SSSR count). The van der Waals surface area contributed by atoms with Crippen LogP contribution in [-0.4, -0.2) is 42.1 Å². The van der Waals surface area contributed by atoms with E-state index in [1.54, 1.807) is 0 Å². The molecule has 0 aromatic heterocycles. The van der Waals surface area contributed by atoms with Crippen LogP contribution >= 0.6 is 11.6 Å². The lowest BCUT2D eigenvalue weighted by molar-refractivity contribution is 0.00529. The number of hydrogen-bond acceptors (Lipinski definition) is 3. The van der Waals surface area contributed by atoms with Crippen molar-refractivity contribution in [2.75, 3.05) is 19.7 Å². The maximum atomic E-state index is 6.14. The van der Waals surface area contributed by atoms with E-state index in [-0.39, 0.29) is 5.54 Å². The second kappa shape index (κ2) is 5.99. The van der Waals surface area contributed by atoms with Gasteiger partial charge in [-0.3, -0.25) is 4.99 Å². The van der Waals surface area contributed by atoms with Crippen molar-refractivity contribution in [2.45, 2.75) is 56.6 Å². The Morgan fingerprint density at radius 3 is 2.88 bits per heavy atom. The van der Waals surface area contributed by atoms with Gasteiger partial charge in [-0.15, -0.1) is 0 Å². The number of benzene rings is 1. The molecule has 2 bridgehead atoms.